The van der Waals surface area contributed by atoms with Crippen LogP contribution in [0.5, 0.6) is 0 Å². The van der Waals surface area contributed by atoms with Gasteiger partial charge in [-0.15, -0.1) is 0 Å². The largest absolute Gasteiger partial charge is 0.313 e. The molecule has 1 fully saturated rings. The van der Waals surface area contributed by atoms with Crippen molar-refractivity contribution < 1.29 is 0 Å². The minimum Gasteiger partial charge on any atom is -0.313 e. The van der Waals surface area contributed by atoms with Gasteiger partial charge >= 0.3 is 0 Å². The van der Waals surface area contributed by atoms with Crippen LogP contribution in [-0.4, -0.2) is 23.7 Å². The molecule has 4 N–H and O–H groups in total. The lowest BCUT2D eigenvalue weighted by atomic mass is 9.99. The number of benzene rings is 1. The highest BCUT2D eigenvalue weighted by atomic mass is 15.2. The normalized spacial score (nSPS) is 21.5. The van der Waals surface area contributed by atoms with Gasteiger partial charge in [-0.25, -0.2) is 0 Å². The van der Waals surface area contributed by atoms with Crippen LogP contribution in [0.4, 0.5) is 0 Å². The lowest BCUT2D eigenvalue weighted by Gasteiger charge is -2.36. The molecule has 1 saturated heterocycles. The van der Waals surface area contributed by atoms with Crippen molar-refractivity contribution in [1.29, 1.82) is 0 Å². The quantitative estimate of drug-likeness (QED) is 0.705. The molecule has 0 atom stereocenters. The van der Waals surface area contributed by atoms with Crippen LogP contribution in [0.15, 0.2) is 30.3 Å². The summed E-state index contributed by atoms with van der Waals surface area (Å²) in [6.45, 7) is 3.01. The zero-order chi connectivity index (χ0) is 10.7. The summed E-state index contributed by atoms with van der Waals surface area (Å²) in [6.07, 6.45) is 1.78. The highest BCUT2D eigenvalue weighted by Gasteiger charge is 2.25. The Morgan fingerprint density at radius 2 is 1.67 bits per heavy atom. The van der Waals surface area contributed by atoms with Gasteiger partial charge in [0.15, 0.2) is 0 Å². The Hall–Kier alpha value is -0.900. The zero-order valence-electron chi connectivity index (χ0n) is 9.02. The molecule has 0 radical (unpaired) electrons. The van der Waals surface area contributed by atoms with E-state index in [4.69, 9.17) is 11.5 Å². The Kier molecular flexibility index (Phi) is 3.05. The molecule has 3 nitrogen and oxygen atoms in total. The lowest BCUT2D eigenvalue weighted by Crippen LogP contribution is -2.56. The van der Waals surface area contributed by atoms with Crippen LogP contribution in [0, 0.1) is 0 Å². The Bertz CT molecular complexity index is 298. The number of nitrogens with zero attached hydrogens (tertiary/aromatic N) is 1. The van der Waals surface area contributed by atoms with Crippen molar-refractivity contribution in [3.05, 3.63) is 35.9 Å². The molecule has 3 heteroatoms. The van der Waals surface area contributed by atoms with Gasteiger partial charge < -0.3 is 11.5 Å². The van der Waals surface area contributed by atoms with Crippen LogP contribution < -0.4 is 11.5 Å². The molecular formula is C12H19N3. The van der Waals surface area contributed by atoms with E-state index < -0.39 is 5.66 Å². The van der Waals surface area contributed by atoms with E-state index in [-0.39, 0.29) is 0 Å². The summed E-state index contributed by atoms with van der Waals surface area (Å²) < 4.78 is 0. The van der Waals surface area contributed by atoms with E-state index >= 15 is 0 Å². The molecule has 0 aromatic heterocycles. The predicted molar refractivity (Wildman–Crippen MR) is 62.1 cm³/mol. The van der Waals surface area contributed by atoms with Crippen molar-refractivity contribution in [3.63, 3.8) is 0 Å². The molecule has 1 aromatic rings. The summed E-state index contributed by atoms with van der Waals surface area (Å²) in [5, 5.41) is 0. The van der Waals surface area contributed by atoms with Crippen molar-refractivity contribution >= 4 is 0 Å². The van der Waals surface area contributed by atoms with Crippen LogP contribution in [0.25, 0.3) is 0 Å². The molecule has 0 spiro atoms. The number of piperidine rings is 1. The zero-order valence-corrected chi connectivity index (χ0v) is 9.02. The van der Waals surface area contributed by atoms with E-state index in [1.165, 1.54) is 5.56 Å². The minimum absolute atomic E-state index is 0.437. The van der Waals surface area contributed by atoms with Crippen molar-refractivity contribution in [2.24, 2.45) is 11.5 Å². The van der Waals surface area contributed by atoms with E-state index in [0.717, 1.165) is 32.5 Å². The van der Waals surface area contributed by atoms with Crippen LogP contribution >= 0.6 is 0 Å². The Morgan fingerprint density at radius 1 is 1.07 bits per heavy atom. The SMILES string of the molecule is NC1(N)CCN(Cc2ccccc2)CC1. The maximum atomic E-state index is 5.88. The molecule has 0 amide bonds. The number of hydrogen-bond acceptors (Lipinski definition) is 3. The molecule has 0 unspecified atom stereocenters. The van der Waals surface area contributed by atoms with Crippen molar-refractivity contribution in [3.8, 4) is 0 Å². The lowest BCUT2D eigenvalue weighted by molar-refractivity contribution is 0.159. The second kappa shape index (κ2) is 4.31. The van der Waals surface area contributed by atoms with Gasteiger partial charge in [0, 0.05) is 19.6 Å². The van der Waals surface area contributed by atoms with Gasteiger partial charge in [-0.2, -0.15) is 0 Å². The maximum Gasteiger partial charge on any atom is 0.0661 e. The first kappa shape index (κ1) is 10.6. The fourth-order valence-electron chi connectivity index (χ4n) is 1.97. The summed E-state index contributed by atoms with van der Waals surface area (Å²) in [5.74, 6) is 0. The third-order valence-electron chi connectivity index (χ3n) is 3.04. The first-order chi connectivity index (χ1) is 7.16. The molecule has 0 bridgehead atoms. The summed E-state index contributed by atoms with van der Waals surface area (Å²) in [4.78, 5) is 2.41. The molecule has 0 saturated carbocycles. The molecule has 1 aliphatic rings. The average molecular weight is 205 g/mol. The Balaban J connectivity index is 1.88. The maximum absolute atomic E-state index is 5.88. The second-order valence-electron chi connectivity index (χ2n) is 4.49. The molecule has 1 heterocycles. The van der Waals surface area contributed by atoms with E-state index in [1.54, 1.807) is 0 Å². The van der Waals surface area contributed by atoms with Gasteiger partial charge in [-0.1, -0.05) is 30.3 Å². The number of hydrogen-bond donors (Lipinski definition) is 2. The second-order valence-corrected chi connectivity index (χ2v) is 4.49. The van der Waals surface area contributed by atoms with Crippen LogP contribution in [0.2, 0.25) is 0 Å². The predicted octanol–water partition coefficient (Wildman–Crippen LogP) is 0.896. The van der Waals surface area contributed by atoms with Crippen LogP contribution in [-0.2, 0) is 6.54 Å². The average Bonchev–Trinajstić information content (AvgIpc) is 2.23. The van der Waals surface area contributed by atoms with Gasteiger partial charge in [0.1, 0.15) is 0 Å². The molecule has 82 valence electrons. The van der Waals surface area contributed by atoms with Crippen LogP contribution in [0.3, 0.4) is 0 Å². The smallest absolute Gasteiger partial charge is 0.0661 e. The third-order valence-corrected chi connectivity index (χ3v) is 3.04. The van der Waals surface area contributed by atoms with Gasteiger partial charge in [-0.3, -0.25) is 4.90 Å². The summed E-state index contributed by atoms with van der Waals surface area (Å²) in [7, 11) is 0. The van der Waals surface area contributed by atoms with Gasteiger partial charge in [0.25, 0.3) is 0 Å². The fraction of sp³-hybridized carbons (Fsp3) is 0.500. The highest BCUT2D eigenvalue weighted by Crippen LogP contribution is 2.16. The minimum atomic E-state index is -0.437. The summed E-state index contributed by atoms with van der Waals surface area (Å²) in [6, 6.07) is 10.5. The molecule has 0 aliphatic carbocycles. The number of rotatable bonds is 2. The molecule has 1 aromatic carbocycles. The van der Waals surface area contributed by atoms with Crippen LogP contribution in [0.1, 0.15) is 18.4 Å². The monoisotopic (exact) mass is 205 g/mol. The number of nitrogens with two attached hydrogens (primary N) is 2. The fourth-order valence-corrected chi connectivity index (χ4v) is 1.97. The van der Waals surface area contributed by atoms with E-state index in [9.17, 15) is 0 Å². The van der Waals surface area contributed by atoms with E-state index in [1.807, 2.05) is 6.07 Å². The summed E-state index contributed by atoms with van der Waals surface area (Å²) >= 11 is 0. The van der Waals surface area contributed by atoms with Gasteiger partial charge in [0.2, 0.25) is 0 Å². The standard InChI is InChI=1S/C12H19N3/c13-12(14)6-8-15(9-7-12)10-11-4-2-1-3-5-11/h1-5H,6-10,13-14H2. The van der Waals surface area contributed by atoms with Gasteiger partial charge in [0.05, 0.1) is 5.66 Å². The van der Waals surface area contributed by atoms with Crippen molar-refractivity contribution in [1.82, 2.24) is 4.90 Å². The molecular weight excluding hydrogens is 186 g/mol. The summed E-state index contributed by atoms with van der Waals surface area (Å²) in [5.41, 5.74) is 12.7. The third kappa shape index (κ3) is 3.02. The first-order valence-corrected chi connectivity index (χ1v) is 5.50. The van der Waals surface area contributed by atoms with E-state index in [2.05, 4.69) is 29.2 Å². The van der Waals surface area contributed by atoms with Crippen molar-refractivity contribution in [2.45, 2.75) is 25.0 Å². The molecule has 15 heavy (non-hydrogen) atoms. The first-order valence-electron chi connectivity index (χ1n) is 5.50. The van der Waals surface area contributed by atoms with Crippen molar-refractivity contribution in [2.75, 3.05) is 13.1 Å². The highest BCUT2D eigenvalue weighted by molar-refractivity contribution is 5.14. The Morgan fingerprint density at radius 3 is 2.27 bits per heavy atom. The van der Waals surface area contributed by atoms with E-state index in [0.29, 0.717) is 0 Å². The topological polar surface area (TPSA) is 55.3 Å². The molecule has 2 rings (SSSR count). The van der Waals surface area contributed by atoms with Gasteiger partial charge in [-0.05, 0) is 18.4 Å². The molecule has 1 aliphatic heterocycles. The number of likely N-dealkylation sites (tertiary alicyclic amines) is 1. The Labute approximate surface area is 91.1 Å².